The Morgan fingerprint density at radius 3 is 2.24 bits per heavy atom. The maximum absolute atomic E-state index is 12.7. The summed E-state index contributed by atoms with van der Waals surface area (Å²) in [5.41, 5.74) is 1.67. The second kappa shape index (κ2) is 8.68. The number of hydrogen-bond acceptors (Lipinski definition) is 4. The summed E-state index contributed by atoms with van der Waals surface area (Å²) < 4.78 is 0. The SMILES string of the molecule is CC(C)C(=O)NCCNC(=O)c1ccc2c(c1)C(=O)N(Cc1ccccc1)C2=O. The molecule has 0 atom stereocenters. The third kappa shape index (κ3) is 4.51. The minimum absolute atomic E-state index is 0.0839. The Labute approximate surface area is 169 Å². The van der Waals surface area contributed by atoms with E-state index in [9.17, 15) is 19.2 Å². The first-order valence-electron chi connectivity index (χ1n) is 9.48. The molecule has 0 saturated carbocycles. The number of amides is 4. The summed E-state index contributed by atoms with van der Waals surface area (Å²) in [7, 11) is 0. The molecule has 0 aromatic heterocycles. The zero-order valence-electron chi connectivity index (χ0n) is 16.4. The fourth-order valence-corrected chi connectivity index (χ4v) is 3.01. The molecule has 0 radical (unpaired) electrons. The molecule has 2 N–H and O–H groups in total. The summed E-state index contributed by atoms with van der Waals surface area (Å²) in [6.07, 6.45) is 0. The molecule has 4 amide bonds. The van der Waals surface area contributed by atoms with E-state index in [0.29, 0.717) is 17.7 Å². The monoisotopic (exact) mass is 393 g/mol. The second-order valence-corrected chi connectivity index (χ2v) is 7.14. The Morgan fingerprint density at radius 2 is 1.55 bits per heavy atom. The number of benzene rings is 2. The van der Waals surface area contributed by atoms with Gasteiger partial charge in [0.2, 0.25) is 5.91 Å². The van der Waals surface area contributed by atoms with Crippen LogP contribution in [0.4, 0.5) is 0 Å². The van der Waals surface area contributed by atoms with Crippen LogP contribution in [0.25, 0.3) is 0 Å². The van der Waals surface area contributed by atoms with Gasteiger partial charge in [-0.1, -0.05) is 44.2 Å². The smallest absolute Gasteiger partial charge is 0.261 e. The molecule has 1 aliphatic rings. The van der Waals surface area contributed by atoms with E-state index in [1.165, 1.54) is 23.1 Å². The summed E-state index contributed by atoms with van der Waals surface area (Å²) in [4.78, 5) is 50.3. The van der Waals surface area contributed by atoms with Crippen molar-refractivity contribution in [2.75, 3.05) is 13.1 Å². The Kier molecular flexibility index (Phi) is 6.07. The predicted octanol–water partition coefficient (Wildman–Crippen LogP) is 1.98. The number of carbonyl (C=O) groups excluding carboxylic acids is 4. The molecular weight excluding hydrogens is 370 g/mol. The van der Waals surface area contributed by atoms with Crippen LogP contribution >= 0.6 is 0 Å². The van der Waals surface area contributed by atoms with Gasteiger partial charge >= 0.3 is 0 Å². The molecule has 1 aliphatic heterocycles. The molecule has 7 nitrogen and oxygen atoms in total. The third-order valence-electron chi connectivity index (χ3n) is 4.65. The molecule has 2 aromatic rings. The van der Waals surface area contributed by atoms with Crippen LogP contribution in [-0.2, 0) is 11.3 Å². The number of nitrogens with zero attached hydrogens (tertiary/aromatic N) is 1. The predicted molar refractivity (Wildman–Crippen MR) is 107 cm³/mol. The number of rotatable bonds is 7. The molecule has 0 fully saturated rings. The maximum Gasteiger partial charge on any atom is 0.261 e. The first kappa shape index (κ1) is 20.3. The molecule has 0 spiro atoms. The average molecular weight is 393 g/mol. The van der Waals surface area contributed by atoms with Gasteiger partial charge in [0.25, 0.3) is 17.7 Å². The lowest BCUT2D eigenvalue weighted by Crippen LogP contribution is -2.36. The van der Waals surface area contributed by atoms with Crippen LogP contribution in [0.2, 0.25) is 0 Å². The molecule has 0 unspecified atom stereocenters. The Morgan fingerprint density at radius 1 is 0.897 bits per heavy atom. The van der Waals surface area contributed by atoms with Crippen molar-refractivity contribution in [3.05, 3.63) is 70.8 Å². The number of hydrogen-bond donors (Lipinski definition) is 2. The van der Waals surface area contributed by atoms with E-state index in [0.717, 1.165) is 5.56 Å². The van der Waals surface area contributed by atoms with Crippen molar-refractivity contribution in [2.24, 2.45) is 5.92 Å². The summed E-state index contributed by atoms with van der Waals surface area (Å²) >= 11 is 0. The molecule has 0 aliphatic carbocycles. The van der Waals surface area contributed by atoms with Crippen LogP contribution in [0.15, 0.2) is 48.5 Å². The summed E-state index contributed by atoms with van der Waals surface area (Å²) in [5, 5.41) is 5.41. The lowest BCUT2D eigenvalue weighted by atomic mass is 10.1. The first-order chi connectivity index (χ1) is 13.9. The third-order valence-corrected chi connectivity index (χ3v) is 4.65. The van der Waals surface area contributed by atoms with Crippen molar-refractivity contribution in [1.29, 1.82) is 0 Å². The summed E-state index contributed by atoms with van der Waals surface area (Å²) in [6, 6.07) is 13.7. The minimum atomic E-state index is -0.410. The van der Waals surface area contributed by atoms with Gasteiger partial charge in [-0.15, -0.1) is 0 Å². The van der Waals surface area contributed by atoms with Crippen molar-refractivity contribution in [3.8, 4) is 0 Å². The zero-order chi connectivity index (χ0) is 21.0. The summed E-state index contributed by atoms with van der Waals surface area (Å²) in [5.74, 6) is -1.34. The number of imide groups is 1. The van der Waals surface area contributed by atoms with Gasteiger partial charge in [-0.25, -0.2) is 0 Å². The van der Waals surface area contributed by atoms with Crippen LogP contribution in [0.1, 0.15) is 50.5 Å². The van der Waals surface area contributed by atoms with Gasteiger partial charge in [-0.2, -0.15) is 0 Å². The van der Waals surface area contributed by atoms with Crippen LogP contribution in [0.3, 0.4) is 0 Å². The van der Waals surface area contributed by atoms with Crippen molar-refractivity contribution in [2.45, 2.75) is 20.4 Å². The second-order valence-electron chi connectivity index (χ2n) is 7.14. The fraction of sp³-hybridized carbons (Fsp3) is 0.273. The van der Waals surface area contributed by atoms with Gasteiger partial charge in [0.15, 0.2) is 0 Å². The van der Waals surface area contributed by atoms with Crippen molar-refractivity contribution in [1.82, 2.24) is 15.5 Å². The van der Waals surface area contributed by atoms with E-state index in [1.807, 2.05) is 30.3 Å². The molecule has 1 heterocycles. The average Bonchev–Trinajstić information content (AvgIpc) is 2.96. The standard InChI is InChI=1S/C22H23N3O4/c1-14(2)19(26)23-10-11-24-20(27)16-8-9-17-18(12-16)22(29)25(21(17)28)13-15-6-4-3-5-7-15/h3-9,12,14H,10-11,13H2,1-2H3,(H,23,26)(H,24,27). The Bertz CT molecular complexity index is 954. The lowest BCUT2D eigenvalue weighted by Gasteiger charge is -2.13. The molecule has 7 heteroatoms. The lowest BCUT2D eigenvalue weighted by molar-refractivity contribution is -0.123. The highest BCUT2D eigenvalue weighted by atomic mass is 16.2. The molecular formula is C22H23N3O4. The summed E-state index contributed by atoms with van der Waals surface area (Å²) in [6.45, 7) is 4.34. The molecule has 3 rings (SSSR count). The minimum Gasteiger partial charge on any atom is -0.354 e. The topological polar surface area (TPSA) is 95.6 Å². The molecule has 2 aromatic carbocycles. The largest absolute Gasteiger partial charge is 0.354 e. The number of fused-ring (bicyclic) bond motifs is 1. The van der Waals surface area contributed by atoms with Gasteiger partial charge in [0.05, 0.1) is 17.7 Å². The Hall–Kier alpha value is -3.48. The zero-order valence-corrected chi connectivity index (χ0v) is 16.4. The fourth-order valence-electron chi connectivity index (χ4n) is 3.01. The van der Waals surface area contributed by atoms with E-state index in [1.54, 1.807) is 13.8 Å². The van der Waals surface area contributed by atoms with Gasteiger partial charge in [-0.3, -0.25) is 24.1 Å². The Balaban J connectivity index is 1.64. The van der Waals surface area contributed by atoms with Crippen molar-refractivity contribution >= 4 is 23.6 Å². The molecule has 150 valence electrons. The highest BCUT2D eigenvalue weighted by Crippen LogP contribution is 2.25. The van der Waals surface area contributed by atoms with E-state index >= 15 is 0 Å². The normalized spacial score (nSPS) is 12.9. The van der Waals surface area contributed by atoms with E-state index in [-0.39, 0.29) is 42.3 Å². The molecule has 0 bridgehead atoms. The maximum atomic E-state index is 12.7. The van der Waals surface area contributed by atoms with E-state index in [2.05, 4.69) is 10.6 Å². The van der Waals surface area contributed by atoms with Gasteiger partial charge in [-0.05, 0) is 23.8 Å². The van der Waals surface area contributed by atoms with Crippen LogP contribution in [0.5, 0.6) is 0 Å². The van der Waals surface area contributed by atoms with Crippen LogP contribution in [0, 0.1) is 5.92 Å². The van der Waals surface area contributed by atoms with Gasteiger partial charge in [0.1, 0.15) is 0 Å². The highest BCUT2D eigenvalue weighted by Gasteiger charge is 2.35. The van der Waals surface area contributed by atoms with Crippen LogP contribution < -0.4 is 10.6 Å². The first-order valence-corrected chi connectivity index (χ1v) is 9.48. The van der Waals surface area contributed by atoms with Gasteiger partial charge < -0.3 is 10.6 Å². The quantitative estimate of drug-likeness (QED) is 0.555. The van der Waals surface area contributed by atoms with Crippen molar-refractivity contribution in [3.63, 3.8) is 0 Å². The van der Waals surface area contributed by atoms with E-state index in [4.69, 9.17) is 0 Å². The van der Waals surface area contributed by atoms with Crippen LogP contribution in [-0.4, -0.2) is 41.6 Å². The number of carbonyl (C=O) groups is 4. The van der Waals surface area contributed by atoms with Gasteiger partial charge in [0, 0.05) is 24.6 Å². The number of nitrogens with one attached hydrogen (secondary N) is 2. The van der Waals surface area contributed by atoms with E-state index < -0.39 is 5.91 Å². The highest BCUT2D eigenvalue weighted by molar-refractivity contribution is 6.22. The molecule has 0 saturated heterocycles. The van der Waals surface area contributed by atoms with Crippen molar-refractivity contribution < 1.29 is 19.2 Å². The molecule has 29 heavy (non-hydrogen) atoms.